The Hall–Kier alpha value is -4.82. The smallest absolute Gasteiger partial charge is 0.326 e. The van der Waals surface area contributed by atoms with Crippen molar-refractivity contribution in [3.05, 3.63) is 0 Å². The van der Waals surface area contributed by atoms with Crippen molar-refractivity contribution in [1.29, 1.82) is 0 Å². The number of nitrogens with zero attached hydrogens (tertiary/aromatic N) is 5. The number of nitrogens with one attached hydrogen (secondary N) is 4. The van der Waals surface area contributed by atoms with Gasteiger partial charge in [0.2, 0.25) is 53.2 Å². The van der Waals surface area contributed by atoms with Crippen molar-refractivity contribution in [2.45, 2.75) is 190 Å². The summed E-state index contributed by atoms with van der Waals surface area (Å²) in [4.78, 5) is 151. The van der Waals surface area contributed by atoms with Gasteiger partial charge in [0.15, 0.2) is 0 Å². The second-order valence-electron chi connectivity index (χ2n) is 21.7. The SMILES string of the molecule is CC(C)[C@H](NC(=O)[C@H](C)SC[C@@H]1CCCN1C(=O)CNC(=O)[C@H](C)SC[C@@H]1CCCN1C(=O)[C@H](C)NC(=O)[C@H](C)SC[C@@H]1CCCN1C(=O)[C@H](C)NC(=O)[C@H](N)CC(=O)O)C(=O)N1CCC[C@H]1C(=O)N(C)[C@H](C(=O)O)C(C)C. The van der Waals surface area contributed by atoms with Crippen molar-refractivity contribution < 1.29 is 63.0 Å². The predicted octanol–water partition coefficient (Wildman–Crippen LogP) is 0.952. The molecule has 12 atom stereocenters. The summed E-state index contributed by atoms with van der Waals surface area (Å²) in [6, 6.07) is -6.33. The van der Waals surface area contributed by atoms with Crippen LogP contribution in [-0.2, 0) is 52.7 Å². The first-order valence-corrected chi connectivity index (χ1v) is 30.5. The van der Waals surface area contributed by atoms with Crippen LogP contribution in [0.4, 0.5) is 0 Å². The number of thioether (sulfide) groups is 3. The number of hydrogen-bond acceptors (Lipinski definition) is 15. The van der Waals surface area contributed by atoms with Gasteiger partial charge in [-0.1, -0.05) is 27.7 Å². The average Bonchev–Trinajstić information content (AvgIpc) is 4.26. The lowest BCUT2D eigenvalue weighted by molar-refractivity contribution is -0.154. The molecule has 4 rings (SSSR count). The molecule has 0 spiro atoms. The summed E-state index contributed by atoms with van der Waals surface area (Å²) in [5.74, 6) is -4.99. The summed E-state index contributed by atoms with van der Waals surface area (Å²) >= 11 is 4.10. The van der Waals surface area contributed by atoms with Crippen LogP contribution in [0.5, 0.6) is 0 Å². The van der Waals surface area contributed by atoms with E-state index in [0.29, 0.717) is 62.7 Å². The molecule has 0 aromatic rings. The van der Waals surface area contributed by atoms with E-state index in [1.807, 2.05) is 13.8 Å². The van der Waals surface area contributed by atoms with Gasteiger partial charge < -0.3 is 61.7 Å². The summed E-state index contributed by atoms with van der Waals surface area (Å²) in [6.45, 7) is 17.0. The zero-order chi connectivity index (χ0) is 58.3. The standard InChI is InChI=1S/C52H86N10O13S3/c1-28(2)42(51(73)62-22-14-18-39(62)50(72)58(10)43(29(3)4)52(74)75)57-46(68)34(9)77-25-35-15-11-19-59(35)40(63)24-54-44(66)32(7)76-26-36-16-12-20-60(36)48(70)30(5)55-45(67)33(8)78-27-37-17-13-21-61(37)49(71)31(6)56-47(69)38(53)23-41(64)65/h28-39,42-43H,11-27,53H2,1-10H3,(H,54,66)(H,55,67)(H,56,69)(H,57,68)(H,64,65)(H,74,75)/t30-,31-,32-,33-,34-,35-,36-,37-,38+,39-,42-,43-/m0/s1. The molecule has 9 amide bonds. The normalized spacial score (nSPS) is 22.5. The molecule has 8 N–H and O–H groups in total. The first kappa shape index (κ1) is 65.7. The number of carbonyl (C=O) groups excluding carboxylic acids is 9. The maximum atomic E-state index is 14.0. The number of rotatable bonds is 28. The Morgan fingerprint density at radius 3 is 1.44 bits per heavy atom. The Kier molecular flexibility index (Phi) is 25.8. The number of likely N-dealkylation sites (tertiary alicyclic amines) is 4. The molecule has 0 aliphatic carbocycles. The number of nitrogens with two attached hydrogens (primary N) is 1. The number of likely N-dealkylation sites (N-methyl/N-ethyl adjacent to an activating group) is 1. The molecule has 4 aliphatic rings. The van der Waals surface area contributed by atoms with Crippen LogP contribution in [0.15, 0.2) is 0 Å². The molecule has 26 heteroatoms. The second-order valence-corrected chi connectivity index (χ2v) is 25.9. The molecule has 0 aromatic heterocycles. The molecule has 0 saturated carbocycles. The molecule has 440 valence electrons. The molecule has 0 unspecified atom stereocenters. The van der Waals surface area contributed by atoms with Gasteiger partial charge in [-0.25, -0.2) is 4.79 Å². The van der Waals surface area contributed by atoms with E-state index >= 15 is 0 Å². The van der Waals surface area contributed by atoms with E-state index in [4.69, 9.17) is 10.8 Å². The average molecular weight is 1160 g/mol. The highest BCUT2D eigenvalue weighted by molar-refractivity contribution is 8.01. The fourth-order valence-electron chi connectivity index (χ4n) is 10.4. The number of amides is 9. The summed E-state index contributed by atoms with van der Waals surface area (Å²) in [6.07, 6.45) is 4.82. The Labute approximate surface area is 471 Å². The van der Waals surface area contributed by atoms with Gasteiger partial charge in [-0.2, -0.15) is 0 Å². The number of carboxylic acids is 2. The fraction of sp³-hybridized carbons (Fsp3) is 0.788. The van der Waals surface area contributed by atoms with Crippen LogP contribution in [-0.4, -0.2) is 227 Å². The molecule has 0 radical (unpaired) electrons. The van der Waals surface area contributed by atoms with Crippen LogP contribution < -0.4 is 27.0 Å². The molecule has 0 aromatic carbocycles. The maximum Gasteiger partial charge on any atom is 0.326 e. The minimum atomic E-state index is -1.29. The Morgan fingerprint density at radius 2 is 0.974 bits per heavy atom. The van der Waals surface area contributed by atoms with Crippen molar-refractivity contribution in [2.24, 2.45) is 17.6 Å². The van der Waals surface area contributed by atoms with Gasteiger partial charge in [0, 0.05) is 68.6 Å². The lowest BCUT2D eigenvalue weighted by Gasteiger charge is -2.35. The van der Waals surface area contributed by atoms with E-state index < -0.39 is 88.1 Å². The van der Waals surface area contributed by atoms with Crippen LogP contribution >= 0.6 is 35.3 Å². The first-order chi connectivity index (χ1) is 36.7. The molecule has 4 fully saturated rings. The second kappa shape index (κ2) is 30.7. The number of carbonyl (C=O) groups is 11. The van der Waals surface area contributed by atoms with E-state index in [1.54, 1.807) is 56.2 Å². The zero-order valence-electron chi connectivity index (χ0n) is 47.0. The van der Waals surface area contributed by atoms with Gasteiger partial charge >= 0.3 is 11.9 Å². The minimum absolute atomic E-state index is 0.161. The maximum absolute atomic E-state index is 14.0. The van der Waals surface area contributed by atoms with Gasteiger partial charge in [-0.05, 0) is 97.8 Å². The quantitative estimate of drug-likeness (QED) is 0.0574. The molecular weight excluding hydrogens is 1070 g/mol. The van der Waals surface area contributed by atoms with E-state index in [0.717, 1.165) is 32.1 Å². The van der Waals surface area contributed by atoms with Gasteiger partial charge in [-0.3, -0.25) is 47.9 Å². The molecule has 0 bridgehead atoms. The van der Waals surface area contributed by atoms with Crippen molar-refractivity contribution in [1.82, 2.24) is 45.8 Å². The molecule has 23 nitrogen and oxygen atoms in total. The molecule has 4 saturated heterocycles. The lowest BCUT2D eigenvalue weighted by atomic mass is 10.0. The number of hydrogen-bond donors (Lipinski definition) is 7. The molecular formula is C52H86N10O13S3. The third-order valence-electron chi connectivity index (χ3n) is 15.0. The van der Waals surface area contributed by atoms with Crippen LogP contribution in [0, 0.1) is 11.8 Å². The highest BCUT2D eigenvalue weighted by Crippen LogP contribution is 2.29. The van der Waals surface area contributed by atoms with Crippen molar-refractivity contribution in [3.63, 3.8) is 0 Å². The highest BCUT2D eigenvalue weighted by Gasteiger charge is 2.43. The summed E-state index contributed by atoms with van der Waals surface area (Å²) < 4.78 is 0. The van der Waals surface area contributed by atoms with Crippen LogP contribution in [0.3, 0.4) is 0 Å². The summed E-state index contributed by atoms with van der Waals surface area (Å²) in [7, 11) is 1.44. The Morgan fingerprint density at radius 1 is 0.551 bits per heavy atom. The van der Waals surface area contributed by atoms with Gasteiger partial charge in [0.25, 0.3) is 0 Å². The largest absolute Gasteiger partial charge is 0.481 e. The van der Waals surface area contributed by atoms with Gasteiger partial charge in [0.1, 0.15) is 30.2 Å². The van der Waals surface area contributed by atoms with Gasteiger partial charge in [0.05, 0.1) is 34.8 Å². The highest BCUT2D eigenvalue weighted by atomic mass is 32.2. The van der Waals surface area contributed by atoms with Crippen molar-refractivity contribution in [3.8, 4) is 0 Å². The third kappa shape index (κ3) is 18.1. The summed E-state index contributed by atoms with van der Waals surface area (Å²) in [5, 5.41) is 28.1. The topological polar surface area (TPSA) is 319 Å². The van der Waals surface area contributed by atoms with E-state index in [2.05, 4.69) is 21.3 Å². The zero-order valence-corrected chi connectivity index (χ0v) is 49.5. The predicted molar refractivity (Wildman–Crippen MR) is 299 cm³/mol. The van der Waals surface area contributed by atoms with E-state index in [1.165, 1.54) is 59.1 Å². The van der Waals surface area contributed by atoms with Crippen molar-refractivity contribution in [2.75, 3.05) is 57.0 Å². The first-order valence-electron chi connectivity index (χ1n) is 27.4. The minimum Gasteiger partial charge on any atom is -0.481 e. The van der Waals surface area contributed by atoms with Crippen molar-refractivity contribution >= 4 is 100 Å². The lowest BCUT2D eigenvalue weighted by Crippen LogP contribution is -2.58. The Balaban J connectivity index is 1.18. The molecule has 4 heterocycles. The Bertz CT molecular complexity index is 2180. The number of aliphatic carboxylic acids is 2. The van der Waals surface area contributed by atoms with Crippen LogP contribution in [0.25, 0.3) is 0 Å². The molecule has 78 heavy (non-hydrogen) atoms. The third-order valence-corrected chi connectivity index (χ3v) is 18.9. The molecule has 4 aliphatic heterocycles. The number of carboxylic acid groups (broad SMARTS) is 2. The van der Waals surface area contributed by atoms with E-state index in [-0.39, 0.29) is 71.9 Å². The fourth-order valence-corrected chi connectivity index (χ4v) is 13.7. The van der Waals surface area contributed by atoms with E-state index in [9.17, 15) is 57.8 Å². The van der Waals surface area contributed by atoms with Crippen LogP contribution in [0.1, 0.15) is 120 Å². The van der Waals surface area contributed by atoms with Crippen LogP contribution in [0.2, 0.25) is 0 Å². The summed E-state index contributed by atoms with van der Waals surface area (Å²) in [5.41, 5.74) is 5.65. The van der Waals surface area contributed by atoms with Gasteiger partial charge in [-0.15, -0.1) is 35.3 Å². The monoisotopic (exact) mass is 1150 g/mol.